The molecule has 3 rings (SSSR count). The van der Waals surface area contributed by atoms with Gasteiger partial charge in [-0.2, -0.15) is 0 Å². The third-order valence-electron chi connectivity index (χ3n) is 3.82. The second kappa shape index (κ2) is 6.69. The summed E-state index contributed by atoms with van der Waals surface area (Å²) in [7, 11) is 0. The Bertz CT molecular complexity index is 703. The minimum atomic E-state index is -0.225. The summed E-state index contributed by atoms with van der Waals surface area (Å²) in [5, 5.41) is 0. The summed E-state index contributed by atoms with van der Waals surface area (Å²) in [6, 6.07) is 15.4. The smallest absolute Gasteiger partial charge is 0.282 e. The van der Waals surface area contributed by atoms with E-state index < -0.39 is 0 Å². The summed E-state index contributed by atoms with van der Waals surface area (Å²) < 4.78 is 19.6. The zero-order valence-electron chi connectivity index (χ0n) is 13.1. The molecule has 4 nitrogen and oxygen atoms in total. The minimum absolute atomic E-state index is 0.0839. The molecule has 23 heavy (non-hydrogen) atoms. The van der Waals surface area contributed by atoms with Crippen LogP contribution in [-0.2, 0) is 11.3 Å². The van der Waals surface area contributed by atoms with E-state index in [1.54, 1.807) is 6.07 Å². The van der Waals surface area contributed by atoms with Gasteiger partial charge >= 0.3 is 0 Å². The van der Waals surface area contributed by atoms with Crippen molar-refractivity contribution in [1.29, 1.82) is 0 Å². The van der Waals surface area contributed by atoms with Crippen molar-refractivity contribution >= 4 is 11.7 Å². The lowest BCUT2D eigenvalue weighted by molar-refractivity contribution is 0.313. The number of nitrogens with zero attached hydrogens (tertiary/aromatic N) is 2. The summed E-state index contributed by atoms with van der Waals surface area (Å²) in [5.74, 6) is -0.225. The molecule has 0 saturated heterocycles. The van der Waals surface area contributed by atoms with Gasteiger partial charge in [-0.1, -0.05) is 36.4 Å². The predicted octanol–water partition coefficient (Wildman–Crippen LogP) is 2.85. The van der Waals surface area contributed by atoms with Gasteiger partial charge in [-0.25, -0.2) is 9.38 Å². The van der Waals surface area contributed by atoms with Gasteiger partial charge in [-0.05, 0) is 30.2 Å². The molecule has 1 heterocycles. The highest BCUT2D eigenvalue weighted by atomic mass is 19.1. The van der Waals surface area contributed by atoms with E-state index in [9.17, 15) is 4.39 Å². The van der Waals surface area contributed by atoms with Gasteiger partial charge < -0.3 is 15.4 Å². The van der Waals surface area contributed by atoms with Gasteiger partial charge in [-0.3, -0.25) is 0 Å². The van der Waals surface area contributed by atoms with Crippen molar-refractivity contribution in [2.75, 3.05) is 18.1 Å². The Labute approximate surface area is 135 Å². The SMILES string of the molecule is Cc1ccc(N(Cc2ccccc2)CC2COC(N)=N2)c(F)c1. The van der Waals surface area contributed by atoms with Crippen molar-refractivity contribution in [3.63, 3.8) is 0 Å². The number of aryl methyl sites for hydroxylation is 1. The molecule has 1 aliphatic heterocycles. The van der Waals surface area contributed by atoms with Crippen molar-refractivity contribution in [1.82, 2.24) is 0 Å². The molecule has 0 spiro atoms. The number of rotatable bonds is 5. The van der Waals surface area contributed by atoms with E-state index in [1.165, 1.54) is 0 Å². The quantitative estimate of drug-likeness (QED) is 0.923. The van der Waals surface area contributed by atoms with Crippen LogP contribution in [0.2, 0.25) is 0 Å². The second-order valence-electron chi connectivity index (χ2n) is 5.75. The van der Waals surface area contributed by atoms with Gasteiger partial charge in [0.1, 0.15) is 18.5 Å². The zero-order chi connectivity index (χ0) is 16.2. The van der Waals surface area contributed by atoms with Crippen LogP contribution in [0.4, 0.5) is 10.1 Å². The van der Waals surface area contributed by atoms with E-state index in [4.69, 9.17) is 10.5 Å². The van der Waals surface area contributed by atoms with E-state index in [0.717, 1.165) is 11.1 Å². The minimum Gasteiger partial charge on any atom is -0.463 e. The van der Waals surface area contributed by atoms with Gasteiger partial charge in [0.05, 0.1) is 5.69 Å². The van der Waals surface area contributed by atoms with Gasteiger partial charge in [0.25, 0.3) is 6.02 Å². The first-order valence-electron chi connectivity index (χ1n) is 7.63. The zero-order valence-corrected chi connectivity index (χ0v) is 13.1. The number of anilines is 1. The lowest BCUT2D eigenvalue weighted by Crippen LogP contribution is -2.32. The maximum absolute atomic E-state index is 14.4. The summed E-state index contributed by atoms with van der Waals surface area (Å²) in [4.78, 5) is 6.24. The Morgan fingerprint density at radius 1 is 1.26 bits per heavy atom. The van der Waals surface area contributed by atoms with Crippen molar-refractivity contribution in [3.05, 3.63) is 65.5 Å². The van der Waals surface area contributed by atoms with Crippen LogP contribution in [-0.4, -0.2) is 25.2 Å². The van der Waals surface area contributed by atoms with Crippen LogP contribution < -0.4 is 10.6 Å². The molecular weight excluding hydrogens is 293 g/mol. The van der Waals surface area contributed by atoms with Gasteiger partial charge in [0.15, 0.2) is 0 Å². The average Bonchev–Trinajstić information content (AvgIpc) is 2.93. The fourth-order valence-electron chi connectivity index (χ4n) is 2.70. The lowest BCUT2D eigenvalue weighted by Gasteiger charge is -2.27. The molecule has 0 saturated carbocycles. The number of ether oxygens (including phenoxy) is 1. The maximum Gasteiger partial charge on any atom is 0.282 e. The van der Waals surface area contributed by atoms with Crippen molar-refractivity contribution in [2.24, 2.45) is 10.7 Å². The molecule has 1 unspecified atom stereocenters. The van der Waals surface area contributed by atoms with Crippen LogP contribution in [0.25, 0.3) is 0 Å². The number of benzene rings is 2. The Kier molecular flexibility index (Phi) is 4.46. The first kappa shape index (κ1) is 15.3. The molecule has 2 aromatic carbocycles. The number of hydrogen-bond donors (Lipinski definition) is 1. The number of nitrogens with two attached hydrogens (primary N) is 1. The highest BCUT2D eigenvalue weighted by molar-refractivity contribution is 5.73. The van der Waals surface area contributed by atoms with Gasteiger partial charge in [0.2, 0.25) is 0 Å². The molecule has 1 aliphatic rings. The predicted molar refractivity (Wildman–Crippen MR) is 90.0 cm³/mol. The molecule has 5 heteroatoms. The average molecular weight is 313 g/mol. The normalized spacial score (nSPS) is 16.8. The number of halogens is 1. The molecule has 0 bridgehead atoms. The lowest BCUT2D eigenvalue weighted by atomic mass is 10.1. The first-order chi connectivity index (χ1) is 11.1. The van der Waals surface area contributed by atoms with Crippen LogP contribution in [0.5, 0.6) is 0 Å². The van der Waals surface area contributed by atoms with Crippen LogP contribution in [0.15, 0.2) is 53.5 Å². The van der Waals surface area contributed by atoms with Crippen molar-refractivity contribution in [3.8, 4) is 0 Å². The first-order valence-corrected chi connectivity index (χ1v) is 7.63. The van der Waals surface area contributed by atoms with Crippen LogP contribution in [0.3, 0.4) is 0 Å². The van der Waals surface area contributed by atoms with Crippen molar-refractivity contribution in [2.45, 2.75) is 19.5 Å². The monoisotopic (exact) mass is 313 g/mol. The molecule has 0 aromatic heterocycles. The van der Waals surface area contributed by atoms with E-state index in [2.05, 4.69) is 4.99 Å². The molecule has 0 fully saturated rings. The number of hydrogen-bond acceptors (Lipinski definition) is 4. The Balaban J connectivity index is 1.86. The topological polar surface area (TPSA) is 50.9 Å². The summed E-state index contributed by atoms with van der Waals surface area (Å²) in [6.07, 6.45) is 0. The van der Waals surface area contributed by atoms with Gasteiger partial charge in [-0.15, -0.1) is 0 Å². The summed E-state index contributed by atoms with van der Waals surface area (Å²) >= 11 is 0. The largest absolute Gasteiger partial charge is 0.463 e. The molecule has 1 atom stereocenters. The third kappa shape index (κ3) is 3.80. The van der Waals surface area contributed by atoms with E-state index in [0.29, 0.717) is 25.4 Å². The second-order valence-corrected chi connectivity index (χ2v) is 5.75. The van der Waals surface area contributed by atoms with E-state index >= 15 is 0 Å². The highest BCUT2D eigenvalue weighted by Crippen LogP contribution is 2.23. The van der Waals surface area contributed by atoms with Crippen LogP contribution in [0, 0.1) is 12.7 Å². The van der Waals surface area contributed by atoms with Crippen molar-refractivity contribution < 1.29 is 9.13 Å². The maximum atomic E-state index is 14.4. The van der Waals surface area contributed by atoms with Crippen LogP contribution in [0.1, 0.15) is 11.1 Å². The van der Waals surface area contributed by atoms with E-state index in [-0.39, 0.29) is 17.9 Å². The standard InChI is InChI=1S/C18H20FN3O/c1-13-7-8-17(16(19)9-13)22(10-14-5-3-2-4-6-14)11-15-12-23-18(20)21-15/h2-9,15H,10-12H2,1H3,(H2,20,21). The Hall–Kier alpha value is -2.56. The molecule has 0 radical (unpaired) electrons. The summed E-state index contributed by atoms with van der Waals surface area (Å²) in [5.41, 5.74) is 8.16. The molecule has 0 aliphatic carbocycles. The number of aliphatic imine (C=N–C) groups is 1. The molecular formula is C18H20FN3O. The Morgan fingerprint density at radius 3 is 2.70 bits per heavy atom. The van der Waals surface area contributed by atoms with E-state index in [1.807, 2.05) is 54.3 Å². The molecule has 120 valence electrons. The molecule has 0 amide bonds. The summed E-state index contributed by atoms with van der Waals surface area (Å²) in [6.45, 7) is 3.47. The fourth-order valence-corrected chi connectivity index (χ4v) is 2.70. The molecule has 2 N–H and O–H groups in total. The van der Waals surface area contributed by atoms with Gasteiger partial charge in [0, 0.05) is 13.1 Å². The highest BCUT2D eigenvalue weighted by Gasteiger charge is 2.22. The fraction of sp³-hybridized carbons (Fsp3) is 0.278. The Morgan fingerprint density at radius 2 is 2.04 bits per heavy atom. The number of amidine groups is 1. The third-order valence-corrected chi connectivity index (χ3v) is 3.82. The molecule has 2 aromatic rings. The van der Waals surface area contributed by atoms with Crippen LogP contribution >= 0.6 is 0 Å².